The van der Waals surface area contributed by atoms with E-state index in [4.69, 9.17) is 0 Å². The monoisotopic (exact) mass is 237 g/mol. The molecule has 0 aromatic carbocycles. The Morgan fingerprint density at radius 3 is 2.75 bits per heavy atom. The van der Waals surface area contributed by atoms with Gasteiger partial charge in [-0.05, 0) is 32.1 Å². The second-order valence-corrected chi connectivity index (χ2v) is 5.39. The molecule has 2 atom stereocenters. The minimum atomic E-state index is 0.0437. The van der Waals surface area contributed by atoms with E-state index in [-0.39, 0.29) is 6.03 Å². The highest BCUT2D eigenvalue weighted by atomic mass is 32.1. The van der Waals surface area contributed by atoms with Crippen molar-refractivity contribution in [3.8, 4) is 0 Å². The molecule has 3 heterocycles. The van der Waals surface area contributed by atoms with Gasteiger partial charge in [0.1, 0.15) is 0 Å². The van der Waals surface area contributed by atoms with Crippen LogP contribution in [0.25, 0.3) is 0 Å². The molecule has 0 aliphatic carbocycles. The number of hydrogen-bond acceptors (Lipinski definition) is 3. The third kappa shape index (κ3) is 1.69. The highest BCUT2D eigenvalue weighted by molar-refractivity contribution is 7.13. The predicted octanol–water partition coefficient (Wildman–Crippen LogP) is 2.69. The summed E-state index contributed by atoms with van der Waals surface area (Å²) in [6, 6.07) is 0.986. The van der Waals surface area contributed by atoms with E-state index >= 15 is 0 Å². The molecule has 4 nitrogen and oxygen atoms in total. The van der Waals surface area contributed by atoms with Crippen molar-refractivity contribution in [2.75, 3.05) is 5.32 Å². The van der Waals surface area contributed by atoms with Gasteiger partial charge in [-0.1, -0.05) is 0 Å². The van der Waals surface area contributed by atoms with Crippen LogP contribution in [0.15, 0.2) is 11.6 Å². The van der Waals surface area contributed by atoms with Crippen LogP contribution in [0, 0.1) is 0 Å². The topological polar surface area (TPSA) is 45.2 Å². The molecule has 2 bridgehead atoms. The van der Waals surface area contributed by atoms with Crippen molar-refractivity contribution < 1.29 is 4.79 Å². The number of rotatable bonds is 1. The van der Waals surface area contributed by atoms with E-state index in [1.165, 1.54) is 43.4 Å². The van der Waals surface area contributed by atoms with Gasteiger partial charge in [-0.25, -0.2) is 9.78 Å². The van der Waals surface area contributed by atoms with E-state index in [2.05, 4.69) is 10.3 Å². The molecule has 2 saturated heterocycles. The van der Waals surface area contributed by atoms with Crippen LogP contribution in [0.3, 0.4) is 0 Å². The van der Waals surface area contributed by atoms with Crippen molar-refractivity contribution in [3.63, 3.8) is 0 Å². The fraction of sp³-hybridized carbons (Fsp3) is 0.636. The van der Waals surface area contributed by atoms with Gasteiger partial charge in [-0.2, -0.15) is 0 Å². The number of nitrogens with one attached hydrogen (secondary N) is 1. The minimum absolute atomic E-state index is 0.0437. The summed E-state index contributed by atoms with van der Waals surface area (Å²) in [6.45, 7) is 0. The van der Waals surface area contributed by atoms with Crippen LogP contribution in [0.1, 0.15) is 32.1 Å². The number of hydrogen-bond donors (Lipinski definition) is 1. The SMILES string of the molecule is O=C(Nc1nccs1)N1C2CCCC1CC2. The Balaban J connectivity index is 1.71. The quantitative estimate of drug-likeness (QED) is 0.816. The Labute approximate surface area is 98.7 Å². The summed E-state index contributed by atoms with van der Waals surface area (Å²) < 4.78 is 0. The molecule has 0 saturated carbocycles. The van der Waals surface area contributed by atoms with Crippen LogP contribution in [0.5, 0.6) is 0 Å². The molecular weight excluding hydrogens is 222 g/mol. The van der Waals surface area contributed by atoms with Gasteiger partial charge in [0, 0.05) is 23.7 Å². The van der Waals surface area contributed by atoms with E-state index in [1.807, 2.05) is 10.3 Å². The molecule has 5 heteroatoms. The van der Waals surface area contributed by atoms with Crippen molar-refractivity contribution >= 4 is 22.5 Å². The Morgan fingerprint density at radius 2 is 2.12 bits per heavy atom. The number of piperidine rings is 1. The summed E-state index contributed by atoms with van der Waals surface area (Å²) in [5.41, 5.74) is 0. The first-order valence-corrected chi connectivity index (χ1v) is 6.71. The lowest BCUT2D eigenvalue weighted by Crippen LogP contribution is -2.46. The van der Waals surface area contributed by atoms with Crippen LogP contribution in [-0.4, -0.2) is 28.0 Å². The zero-order valence-electron chi connectivity index (χ0n) is 9.06. The molecule has 3 rings (SSSR count). The lowest BCUT2D eigenvalue weighted by atomic mass is 10.0. The first kappa shape index (κ1) is 10.1. The highest BCUT2D eigenvalue weighted by Gasteiger charge is 2.39. The van der Waals surface area contributed by atoms with E-state index in [1.54, 1.807) is 6.20 Å². The minimum Gasteiger partial charge on any atom is -0.319 e. The summed E-state index contributed by atoms with van der Waals surface area (Å²) in [5, 5.41) is 5.47. The van der Waals surface area contributed by atoms with Gasteiger partial charge in [0.15, 0.2) is 5.13 Å². The average molecular weight is 237 g/mol. The Hall–Kier alpha value is -1.10. The maximum absolute atomic E-state index is 12.1. The Bertz CT molecular complexity index is 363. The van der Waals surface area contributed by atoms with Gasteiger partial charge >= 0.3 is 6.03 Å². The van der Waals surface area contributed by atoms with Crippen LogP contribution >= 0.6 is 11.3 Å². The summed E-state index contributed by atoms with van der Waals surface area (Å²) >= 11 is 1.47. The molecule has 16 heavy (non-hydrogen) atoms. The largest absolute Gasteiger partial charge is 0.324 e. The Morgan fingerprint density at radius 1 is 1.38 bits per heavy atom. The molecule has 86 valence electrons. The molecule has 0 spiro atoms. The lowest BCUT2D eigenvalue weighted by molar-refractivity contribution is 0.159. The van der Waals surface area contributed by atoms with Crippen LogP contribution in [-0.2, 0) is 0 Å². The fourth-order valence-electron chi connectivity index (χ4n) is 2.89. The van der Waals surface area contributed by atoms with Gasteiger partial charge < -0.3 is 4.90 Å². The van der Waals surface area contributed by atoms with Crippen LogP contribution in [0.2, 0.25) is 0 Å². The number of carbonyl (C=O) groups excluding carboxylic acids is 1. The second-order valence-electron chi connectivity index (χ2n) is 4.49. The summed E-state index contributed by atoms with van der Waals surface area (Å²) in [5.74, 6) is 0. The van der Waals surface area contributed by atoms with E-state index in [9.17, 15) is 4.79 Å². The summed E-state index contributed by atoms with van der Waals surface area (Å²) in [6.07, 6.45) is 7.68. The number of urea groups is 1. The molecule has 0 radical (unpaired) electrons. The number of fused-ring (bicyclic) bond motifs is 2. The number of anilines is 1. The lowest BCUT2D eigenvalue weighted by Gasteiger charge is -2.34. The second kappa shape index (κ2) is 4.05. The first-order valence-electron chi connectivity index (χ1n) is 5.83. The van der Waals surface area contributed by atoms with Crippen molar-refractivity contribution in [1.29, 1.82) is 0 Å². The maximum atomic E-state index is 12.1. The van der Waals surface area contributed by atoms with Crippen molar-refractivity contribution in [1.82, 2.24) is 9.88 Å². The van der Waals surface area contributed by atoms with Gasteiger partial charge in [0.2, 0.25) is 0 Å². The smallest absolute Gasteiger partial charge is 0.319 e. The number of aromatic nitrogens is 1. The number of carbonyl (C=O) groups is 1. The zero-order chi connectivity index (χ0) is 11.0. The van der Waals surface area contributed by atoms with Crippen molar-refractivity contribution in [2.24, 2.45) is 0 Å². The molecule has 1 aromatic rings. The normalized spacial score (nSPS) is 28.1. The third-order valence-electron chi connectivity index (χ3n) is 3.58. The molecule has 2 aliphatic rings. The molecular formula is C11H15N3OS. The first-order chi connectivity index (χ1) is 7.84. The van der Waals surface area contributed by atoms with E-state index in [0.717, 1.165) is 0 Å². The number of nitrogens with zero attached hydrogens (tertiary/aromatic N) is 2. The Kier molecular flexibility index (Phi) is 2.55. The highest BCUT2D eigenvalue weighted by Crippen LogP contribution is 2.35. The molecule has 2 aliphatic heterocycles. The van der Waals surface area contributed by atoms with Crippen LogP contribution < -0.4 is 5.32 Å². The van der Waals surface area contributed by atoms with Gasteiger partial charge in [0.05, 0.1) is 0 Å². The van der Waals surface area contributed by atoms with Gasteiger partial charge in [0.25, 0.3) is 0 Å². The third-order valence-corrected chi connectivity index (χ3v) is 4.26. The summed E-state index contributed by atoms with van der Waals surface area (Å²) in [4.78, 5) is 18.2. The van der Waals surface area contributed by atoms with Crippen LogP contribution in [0.4, 0.5) is 9.93 Å². The van der Waals surface area contributed by atoms with E-state index < -0.39 is 0 Å². The fourth-order valence-corrected chi connectivity index (χ4v) is 3.41. The zero-order valence-corrected chi connectivity index (χ0v) is 9.87. The molecule has 1 N–H and O–H groups in total. The van der Waals surface area contributed by atoms with Gasteiger partial charge in [-0.15, -0.1) is 11.3 Å². The van der Waals surface area contributed by atoms with E-state index in [0.29, 0.717) is 17.2 Å². The average Bonchev–Trinajstić information content (AvgIpc) is 2.86. The predicted molar refractivity (Wildman–Crippen MR) is 63.6 cm³/mol. The number of thiazole rings is 1. The maximum Gasteiger partial charge on any atom is 0.324 e. The van der Waals surface area contributed by atoms with Gasteiger partial charge in [-0.3, -0.25) is 5.32 Å². The van der Waals surface area contributed by atoms with Crippen molar-refractivity contribution in [2.45, 2.75) is 44.2 Å². The van der Waals surface area contributed by atoms with Crippen molar-refractivity contribution in [3.05, 3.63) is 11.6 Å². The molecule has 2 fully saturated rings. The number of amides is 2. The molecule has 2 unspecified atom stereocenters. The summed E-state index contributed by atoms with van der Waals surface area (Å²) in [7, 11) is 0. The standard InChI is InChI=1S/C11H15N3OS/c15-11(13-10-12-6-7-16-10)14-8-2-1-3-9(14)5-4-8/h6-9H,1-5H2,(H,12,13,15). The molecule has 1 aromatic heterocycles. The molecule has 2 amide bonds.